The lowest BCUT2D eigenvalue weighted by Crippen LogP contribution is -2.20. The first kappa shape index (κ1) is 14.9. The molecule has 6 heteroatoms. The quantitative estimate of drug-likeness (QED) is 0.539. The van der Waals surface area contributed by atoms with E-state index in [2.05, 4.69) is 0 Å². The van der Waals surface area contributed by atoms with Crippen LogP contribution in [0.25, 0.3) is 5.57 Å². The average molecular weight is 314 g/mol. The number of rotatable bonds is 2. The van der Waals surface area contributed by atoms with Gasteiger partial charge in [0.05, 0.1) is 11.5 Å². The lowest BCUT2D eigenvalue weighted by Gasteiger charge is -2.14. The van der Waals surface area contributed by atoms with Crippen molar-refractivity contribution < 1.29 is 30.3 Å². The molecule has 0 saturated heterocycles. The second-order valence-electron chi connectivity index (χ2n) is 5.34. The number of aliphatic hydroxyl groups is 2. The van der Waals surface area contributed by atoms with Crippen molar-refractivity contribution in [2.75, 3.05) is 0 Å². The summed E-state index contributed by atoms with van der Waals surface area (Å²) >= 11 is 0. The molecule has 1 aliphatic rings. The fourth-order valence-corrected chi connectivity index (χ4v) is 2.72. The zero-order chi connectivity index (χ0) is 16.7. The van der Waals surface area contributed by atoms with Crippen molar-refractivity contribution in [2.45, 2.75) is 12.0 Å². The third-order valence-electron chi connectivity index (χ3n) is 3.90. The maximum atomic E-state index is 12.6. The van der Waals surface area contributed by atoms with Gasteiger partial charge in [0.25, 0.3) is 0 Å². The van der Waals surface area contributed by atoms with E-state index in [1.807, 2.05) is 0 Å². The minimum absolute atomic E-state index is 0.0137. The van der Waals surface area contributed by atoms with Crippen molar-refractivity contribution in [3.05, 3.63) is 59.4 Å². The van der Waals surface area contributed by atoms with Crippen LogP contribution in [0.15, 0.2) is 48.2 Å². The molecule has 23 heavy (non-hydrogen) atoms. The van der Waals surface area contributed by atoms with Crippen LogP contribution in [0.1, 0.15) is 17.0 Å². The van der Waals surface area contributed by atoms with Crippen LogP contribution in [0.2, 0.25) is 0 Å². The highest BCUT2D eigenvalue weighted by molar-refractivity contribution is 6.27. The van der Waals surface area contributed by atoms with Crippen molar-refractivity contribution >= 4 is 11.4 Å². The van der Waals surface area contributed by atoms with E-state index in [4.69, 9.17) is 0 Å². The van der Waals surface area contributed by atoms with Crippen LogP contribution in [0, 0.1) is 0 Å². The van der Waals surface area contributed by atoms with Crippen molar-refractivity contribution in [2.24, 2.45) is 0 Å². The Morgan fingerprint density at radius 2 is 1.48 bits per heavy atom. The summed E-state index contributed by atoms with van der Waals surface area (Å²) in [5.41, 5.74) is 0.614. The zero-order valence-electron chi connectivity index (χ0n) is 11.8. The highest BCUT2D eigenvalue weighted by Gasteiger charge is 2.43. The molecule has 118 valence electrons. The fourth-order valence-electron chi connectivity index (χ4n) is 2.72. The molecule has 6 nitrogen and oxygen atoms in total. The molecule has 0 aromatic heterocycles. The SMILES string of the molecule is O=C1C(c2ccc(O)cc2)=C(O)[C@@H](O)[C@H]1c1ccc(O)c(O)c1. The molecule has 5 N–H and O–H groups in total. The largest absolute Gasteiger partial charge is 0.509 e. The van der Waals surface area contributed by atoms with Crippen molar-refractivity contribution in [1.82, 2.24) is 0 Å². The van der Waals surface area contributed by atoms with E-state index in [0.29, 0.717) is 5.56 Å². The molecule has 0 fully saturated rings. The summed E-state index contributed by atoms with van der Waals surface area (Å²) in [7, 11) is 0. The molecule has 0 spiro atoms. The van der Waals surface area contributed by atoms with E-state index >= 15 is 0 Å². The Bertz CT molecular complexity index is 806. The molecule has 2 aromatic rings. The normalized spacial score (nSPS) is 21.0. The number of allylic oxidation sites excluding steroid dienone is 1. The molecule has 0 heterocycles. The Labute approximate surface area is 131 Å². The molecular formula is C17H14O6. The average Bonchev–Trinajstić information content (AvgIpc) is 2.74. The van der Waals surface area contributed by atoms with Gasteiger partial charge in [0.15, 0.2) is 17.3 Å². The Kier molecular flexibility index (Phi) is 3.46. The van der Waals surface area contributed by atoms with Gasteiger partial charge >= 0.3 is 0 Å². The van der Waals surface area contributed by atoms with Gasteiger partial charge in [0, 0.05) is 0 Å². The topological polar surface area (TPSA) is 118 Å². The molecule has 0 amide bonds. The summed E-state index contributed by atoms with van der Waals surface area (Å²) in [6, 6.07) is 9.44. The number of ketones is 1. The molecule has 0 bridgehead atoms. The van der Waals surface area contributed by atoms with Gasteiger partial charge < -0.3 is 25.5 Å². The van der Waals surface area contributed by atoms with Crippen LogP contribution in [-0.4, -0.2) is 37.4 Å². The minimum atomic E-state index is -1.45. The van der Waals surface area contributed by atoms with Gasteiger partial charge in [-0.2, -0.15) is 0 Å². The van der Waals surface area contributed by atoms with Crippen LogP contribution in [0.3, 0.4) is 0 Å². The maximum absolute atomic E-state index is 12.6. The molecule has 2 atom stereocenters. The Morgan fingerprint density at radius 3 is 2.09 bits per heavy atom. The molecule has 1 aliphatic carbocycles. The Hall–Kier alpha value is -2.99. The Balaban J connectivity index is 2.03. The first-order valence-electron chi connectivity index (χ1n) is 6.87. The van der Waals surface area contributed by atoms with Crippen molar-refractivity contribution in [3.63, 3.8) is 0 Å². The number of hydrogen-bond acceptors (Lipinski definition) is 6. The standard InChI is InChI=1S/C17H14O6/c18-10-4-1-8(2-5-10)13-15(21)14(17(23)16(13)22)9-3-6-11(19)12(20)7-9/h1-7,14,17-20,22-23H/t14-,17-/m0/s1. The lowest BCUT2D eigenvalue weighted by atomic mass is 9.91. The third-order valence-corrected chi connectivity index (χ3v) is 3.90. The van der Waals surface area contributed by atoms with Gasteiger partial charge in [-0.05, 0) is 35.4 Å². The molecule has 0 aliphatic heterocycles. The zero-order valence-corrected chi connectivity index (χ0v) is 11.8. The van der Waals surface area contributed by atoms with E-state index < -0.39 is 29.3 Å². The summed E-state index contributed by atoms with van der Waals surface area (Å²) in [4.78, 5) is 12.6. The van der Waals surface area contributed by atoms with Crippen LogP contribution in [-0.2, 0) is 4.79 Å². The van der Waals surface area contributed by atoms with E-state index in [1.54, 1.807) is 0 Å². The summed E-state index contributed by atoms with van der Waals surface area (Å²) in [5.74, 6) is -2.79. The summed E-state index contributed by atoms with van der Waals surface area (Å²) in [6.45, 7) is 0. The first-order valence-corrected chi connectivity index (χ1v) is 6.87. The van der Waals surface area contributed by atoms with Gasteiger partial charge in [-0.25, -0.2) is 0 Å². The molecule has 0 saturated carbocycles. The maximum Gasteiger partial charge on any atom is 0.177 e. The number of hydrogen-bond donors (Lipinski definition) is 5. The molecule has 3 rings (SSSR count). The summed E-state index contributed by atoms with van der Waals surface area (Å²) in [5, 5.41) is 48.6. The smallest absolute Gasteiger partial charge is 0.177 e. The van der Waals surface area contributed by atoms with Gasteiger partial charge in [-0.1, -0.05) is 18.2 Å². The van der Waals surface area contributed by atoms with Gasteiger partial charge in [0.1, 0.15) is 17.6 Å². The van der Waals surface area contributed by atoms with Crippen LogP contribution in [0.5, 0.6) is 17.2 Å². The molecule has 2 aromatic carbocycles. The predicted molar refractivity (Wildman–Crippen MR) is 81.2 cm³/mol. The van der Waals surface area contributed by atoms with E-state index in [9.17, 15) is 30.3 Å². The van der Waals surface area contributed by atoms with Crippen LogP contribution < -0.4 is 0 Å². The molecular weight excluding hydrogens is 300 g/mol. The number of Topliss-reactive ketones (excluding diaryl/α,β-unsaturated/α-hetero) is 1. The Morgan fingerprint density at radius 1 is 0.826 bits per heavy atom. The lowest BCUT2D eigenvalue weighted by molar-refractivity contribution is -0.115. The minimum Gasteiger partial charge on any atom is -0.509 e. The van der Waals surface area contributed by atoms with Gasteiger partial charge in [-0.15, -0.1) is 0 Å². The number of aliphatic hydroxyl groups excluding tert-OH is 2. The number of phenols is 3. The fraction of sp³-hybridized carbons (Fsp3) is 0.118. The summed E-state index contributed by atoms with van der Waals surface area (Å²) in [6.07, 6.45) is -1.45. The van der Waals surface area contributed by atoms with E-state index in [-0.39, 0.29) is 22.6 Å². The highest BCUT2D eigenvalue weighted by atomic mass is 16.3. The van der Waals surface area contributed by atoms with Crippen LogP contribution >= 0.6 is 0 Å². The van der Waals surface area contributed by atoms with E-state index in [0.717, 1.165) is 0 Å². The number of carbonyl (C=O) groups excluding carboxylic acids is 1. The highest BCUT2D eigenvalue weighted by Crippen LogP contribution is 2.41. The summed E-state index contributed by atoms with van der Waals surface area (Å²) < 4.78 is 0. The van der Waals surface area contributed by atoms with E-state index in [1.165, 1.54) is 42.5 Å². The number of benzene rings is 2. The third kappa shape index (κ3) is 2.39. The second-order valence-corrected chi connectivity index (χ2v) is 5.34. The first-order chi connectivity index (χ1) is 10.9. The number of carbonyl (C=O) groups is 1. The van der Waals surface area contributed by atoms with Crippen molar-refractivity contribution in [3.8, 4) is 17.2 Å². The number of phenolic OH excluding ortho intramolecular Hbond substituents is 3. The van der Waals surface area contributed by atoms with Gasteiger partial charge in [-0.3, -0.25) is 4.79 Å². The second kappa shape index (κ2) is 5.33. The van der Waals surface area contributed by atoms with Crippen molar-refractivity contribution in [1.29, 1.82) is 0 Å². The van der Waals surface area contributed by atoms with Crippen LogP contribution in [0.4, 0.5) is 0 Å². The van der Waals surface area contributed by atoms with Gasteiger partial charge in [0.2, 0.25) is 0 Å². The molecule has 0 radical (unpaired) electrons. The number of aromatic hydroxyl groups is 3. The molecule has 0 unspecified atom stereocenters. The monoisotopic (exact) mass is 314 g/mol. The predicted octanol–water partition coefficient (Wildman–Crippen LogP) is 1.80.